The molecule has 7 heteroatoms. The molecule has 0 aliphatic carbocycles. The van der Waals surface area contributed by atoms with Gasteiger partial charge < -0.3 is 14.3 Å². The van der Waals surface area contributed by atoms with Crippen molar-refractivity contribution in [3.63, 3.8) is 0 Å². The summed E-state index contributed by atoms with van der Waals surface area (Å²) in [6.45, 7) is 1.45. The van der Waals surface area contributed by atoms with Crippen molar-refractivity contribution in [1.29, 1.82) is 0 Å². The van der Waals surface area contributed by atoms with Gasteiger partial charge in [0.2, 0.25) is 11.8 Å². The Morgan fingerprint density at radius 3 is 2.94 bits per heavy atom. The topological polar surface area (TPSA) is 98.3 Å². The van der Waals surface area contributed by atoms with Crippen LogP contribution in [0.2, 0.25) is 0 Å². The molecule has 0 fully saturated rings. The highest BCUT2D eigenvalue weighted by atomic mass is 16.5. The lowest BCUT2D eigenvalue weighted by Gasteiger charge is -1.96. The Balaban J connectivity index is 2.01. The average Bonchev–Trinajstić information content (AvgIpc) is 2.78. The minimum atomic E-state index is -1.04. The fourth-order valence-corrected chi connectivity index (χ4v) is 1.25. The van der Waals surface area contributed by atoms with E-state index in [4.69, 9.17) is 14.3 Å². The SMILES string of the molecule is Cc1ccc(-c2nnc(COCC(=O)O)o2)cn1. The fourth-order valence-electron chi connectivity index (χ4n) is 1.25. The number of aliphatic carboxylic acids is 1. The van der Waals surface area contributed by atoms with Crippen LogP contribution in [0.25, 0.3) is 11.5 Å². The molecular weight excluding hydrogens is 238 g/mol. The molecule has 18 heavy (non-hydrogen) atoms. The van der Waals surface area contributed by atoms with Crippen LogP contribution in [0, 0.1) is 6.92 Å². The zero-order valence-electron chi connectivity index (χ0n) is 9.66. The number of pyridine rings is 1. The normalized spacial score (nSPS) is 10.5. The Hall–Kier alpha value is -2.28. The summed E-state index contributed by atoms with van der Waals surface area (Å²) in [5.74, 6) is -0.485. The molecule has 0 saturated heterocycles. The molecule has 2 aromatic heterocycles. The molecule has 0 aliphatic heterocycles. The third kappa shape index (κ3) is 3.11. The minimum Gasteiger partial charge on any atom is -0.480 e. The quantitative estimate of drug-likeness (QED) is 0.845. The Morgan fingerprint density at radius 2 is 2.28 bits per heavy atom. The van der Waals surface area contributed by atoms with E-state index < -0.39 is 12.6 Å². The van der Waals surface area contributed by atoms with E-state index in [2.05, 4.69) is 15.2 Å². The number of ether oxygens (including phenoxy) is 1. The molecule has 94 valence electrons. The van der Waals surface area contributed by atoms with Crippen molar-refractivity contribution < 1.29 is 19.1 Å². The molecule has 0 bridgehead atoms. The molecule has 2 heterocycles. The van der Waals surface area contributed by atoms with Crippen LogP contribution in [0.5, 0.6) is 0 Å². The van der Waals surface area contributed by atoms with Gasteiger partial charge in [-0.2, -0.15) is 0 Å². The predicted molar refractivity (Wildman–Crippen MR) is 59.6 cm³/mol. The average molecular weight is 249 g/mol. The molecule has 1 N–H and O–H groups in total. The number of carbonyl (C=O) groups is 1. The summed E-state index contributed by atoms with van der Waals surface area (Å²) in [7, 11) is 0. The lowest BCUT2D eigenvalue weighted by atomic mass is 10.2. The largest absolute Gasteiger partial charge is 0.480 e. The van der Waals surface area contributed by atoms with Crippen LogP contribution in [-0.2, 0) is 16.1 Å². The van der Waals surface area contributed by atoms with E-state index >= 15 is 0 Å². The van der Waals surface area contributed by atoms with E-state index in [-0.39, 0.29) is 12.5 Å². The zero-order valence-corrected chi connectivity index (χ0v) is 9.66. The summed E-state index contributed by atoms with van der Waals surface area (Å²) in [6, 6.07) is 3.65. The molecule has 2 rings (SSSR count). The summed E-state index contributed by atoms with van der Waals surface area (Å²) >= 11 is 0. The van der Waals surface area contributed by atoms with Crippen molar-refractivity contribution in [2.45, 2.75) is 13.5 Å². The molecule has 0 aromatic carbocycles. The molecule has 0 amide bonds. The maximum atomic E-state index is 10.2. The molecular formula is C11H11N3O4. The summed E-state index contributed by atoms with van der Waals surface area (Å²) < 4.78 is 10.1. The van der Waals surface area contributed by atoms with Gasteiger partial charge in [0.1, 0.15) is 13.2 Å². The Kier molecular flexibility index (Phi) is 3.63. The van der Waals surface area contributed by atoms with Crippen molar-refractivity contribution in [2.24, 2.45) is 0 Å². The van der Waals surface area contributed by atoms with E-state index in [9.17, 15) is 4.79 Å². The number of aromatic nitrogens is 3. The smallest absolute Gasteiger partial charge is 0.329 e. The number of rotatable bonds is 5. The van der Waals surface area contributed by atoms with Gasteiger partial charge in [0.05, 0.1) is 5.56 Å². The first-order valence-electron chi connectivity index (χ1n) is 5.20. The Bertz CT molecular complexity index is 535. The molecule has 0 unspecified atom stereocenters. The number of carboxylic acids is 1. The number of aryl methyl sites for hydroxylation is 1. The third-order valence-corrected chi connectivity index (χ3v) is 2.08. The molecule has 7 nitrogen and oxygen atoms in total. The van der Waals surface area contributed by atoms with Gasteiger partial charge in [-0.3, -0.25) is 4.98 Å². The molecule has 0 spiro atoms. The van der Waals surface area contributed by atoms with Gasteiger partial charge in [0, 0.05) is 11.9 Å². The first-order valence-corrected chi connectivity index (χ1v) is 5.20. The van der Waals surface area contributed by atoms with Crippen molar-refractivity contribution in [1.82, 2.24) is 15.2 Å². The monoisotopic (exact) mass is 249 g/mol. The Labute approximate surface area is 102 Å². The van der Waals surface area contributed by atoms with Crippen LogP contribution in [0.1, 0.15) is 11.6 Å². The van der Waals surface area contributed by atoms with Crippen molar-refractivity contribution in [3.8, 4) is 11.5 Å². The highest BCUT2D eigenvalue weighted by molar-refractivity contribution is 5.67. The van der Waals surface area contributed by atoms with E-state index in [1.165, 1.54) is 0 Å². The second-order valence-electron chi connectivity index (χ2n) is 3.58. The van der Waals surface area contributed by atoms with Gasteiger partial charge in [-0.1, -0.05) is 0 Å². The lowest BCUT2D eigenvalue weighted by molar-refractivity contribution is -0.142. The maximum absolute atomic E-state index is 10.2. The van der Waals surface area contributed by atoms with Gasteiger partial charge >= 0.3 is 5.97 Å². The summed E-state index contributed by atoms with van der Waals surface area (Å²) in [6.07, 6.45) is 1.63. The van der Waals surface area contributed by atoms with Crippen molar-refractivity contribution in [2.75, 3.05) is 6.61 Å². The summed E-state index contributed by atoms with van der Waals surface area (Å²) in [5, 5.41) is 16.0. The van der Waals surface area contributed by atoms with E-state index in [0.29, 0.717) is 11.5 Å². The van der Waals surface area contributed by atoms with Gasteiger partial charge in [-0.05, 0) is 19.1 Å². The second kappa shape index (κ2) is 5.37. The van der Waals surface area contributed by atoms with Crippen LogP contribution in [0.4, 0.5) is 0 Å². The second-order valence-corrected chi connectivity index (χ2v) is 3.58. The number of carboxylic acid groups (broad SMARTS) is 1. The fraction of sp³-hybridized carbons (Fsp3) is 0.273. The van der Waals surface area contributed by atoms with Gasteiger partial charge in [-0.25, -0.2) is 4.79 Å². The Morgan fingerprint density at radius 1 is 1.44 bits per heavy atom. The molecule has 2 aromatic rings. The summed E-state index contributed by atoms with van der Waals surface area (Å²) in [4.78, 5) is 14.4. The zero-order chi connectivity index (χ0) is 13.0. The number of nitrogens with zero attached hydrogens (tertiary/aromatic N) is 3. The van der Waals surface area contributed by atoms with Crippen LogP contribution in [0.15, 0.2) is 22.7 Å². The first-order chi connectivity index (χ1) is 8.65. The lowest BCUT2D eigenvalue weighted by Crippen LogP contribution is -2.06. The van der Waals surface area contributed by atoms with Crippen molar-refractivity contribution in [3.05, 3.63) is 29.9 Å². The third-order valence-electron chi connectivity index (χ3n) is 2.08. The van der Waals surface area contributed by atoms with Crippen LogP contribution in [0.3, 0.4) is 0 Å². The van der Waals surface area contributed by atoms with E-state index in [1.54, 1.807) is 6.20 Å². The highest BCUT2D eigenvalue weighted by Crippen LogP contribution is 2.16. The van der Waals surface area contributed by atoms with Crippen LogP contribution >= 0.6 is 0 Å². The standard InChI is InChI=1S/C11H11N3O4/c1-7-2-3-8(4-12-7)11-14-13-9(18-11)5-17-6-10(15)16/h2-4H,5-6H2,1H3,(H,15,16). The van der Waals surface area contributed by atoms with Gasteiger partial charge in [-0.15, -0.1) is 10.2 Å². The van der Waals surface area contributed by atoms with Gasteiger partial charge in [0.15, 0.2) is 0 Å². The summed E-state index contributed by atoms with van der Waals surface area (Å²) in [5.41, 5.74) is 1.60. The first kappa shape index (κ1) is 12.2. The molecule has 0 saturated carbocycles. The van der Waals surface area contributed by atoms with Crippen LogP contribution < -0.4 is 0 Å². The molecule has 0 radical (unpaired) electrons. The van der Waals surface area contributed by atoms with Gasteiger partial charge in [0.25, 0.3) is 0 Å². The van der Waals surface area contributed by atoms with Crippen LogP contribution in [-0.4, -0.2) is 32.9 Å². The molecule has 0 aliphatic rings. The maximum Gasteiger partial charge on any atom is 0.329 e. The molecule has 0 atom stereocenters. The van der Waals surface area contributed by atoms with E-state index in [1.807, 2.05) is 19.1 Å². The van der Waals surface area contributed by atoms with E-state index in [0.717, 1.165) is 5.69 Å². The predicted octanol–water partition coefficient (Wildman–Crippen LogP) is 1.04. The highest BCUT2D eigenvalue weighted by Gasteiger charge is 2.09. The van der Waals surface area contributed by atoms with Crippen molar-refractivity contribution >= 4 is 5.97 Å². The number of hydrogen-bond donors (Lipinski definition) is 1. The minimum absolute atomic E-state index is 0.0292. The number of hydrogen-bond acceptors (Lipinski definition) is 6.